The molecule has 146 valence electrons. The molecule has 1 atom stereocenters. The van der Waals surface area contributed by atoms with Gasteiger partial charge in [0.25, 0.3) is 5.56 Å². The van der Waals surface area contributed by atoms with E-state index in [1.165, 1.54) is 22.2 Å². The Kier molecular flexibility index (Phi) is 5.27. The number of benzene rings is 2. The number of aromatic nitrogens is 2. The number of amides is 1. The molecule has 1 unspecified atom stereocenters. The van der Waals surface area contributed by atoms with Gasteiger partial charge in [0.05, 0.1) is 17.8 Å². The molecular weight excluding hydrogens is 382 g/mol. The first kappa shape index (κ1) is 19.1. The molecule has 0 aliphatic rings. The molecule has 0 bridgehead atoms. The van der Waals surface area contributed by atoms with Crippen LogP contribution >= 0.6 is 11.3 Å². The second-order valence-corrected chi connectivity index (χ2v) is 7.93. The van der Waals surface area contributed by atoms with E-state index in [-0.39, 0.29) is 24.1 Å². The summed E-state index contributed by atoms with van der Waals surface area (Å²) in [5, 5.41) is 5.45. The first-order valence-corrected chi connectivity index (χ1v) is 10.3. The fraction of sp³-hybridized carbons (Fsp3) is 0.174. The molecule has 1 amide bonds. The van der Waals surface area contributed by atoms with Crippen molar-refractivity contribution in [3.8, 4) is 11.1 Å². The Hall–Kier alpha value is -3.25. The van der Waals surface area contributed by atoms with Gasteiger partial charge in [-0.05, 0) is 25.0 Å². The normalized spacial score (nSPS) is 12.1. The number of rotatable bonds is 5. The Morgan fingerprint density at radius 1 is 1.14 bits per heavy atom. The molecule has 2 heterocycles. The number of aryl methyl sites for hydroxylation is 1. The SMILES string of the molecule is Cc1ccc(-c2csc3ncn(CC(=O)NC(C)c4ccccc4)c(=O)c23)cc1. The minimum Gasteiger partial charge on any atom is -0.348 e. The lowest BCUT2D eigenvalue weighted by molar-refractivity contribution is -0.122. The molecule has 0 aliphatic carbocycles. The van der Waals surface area contributed by atoms with Crippen LogP contribution in [0.2, 0.25) is 0 Å². The van der Waals surface area contributed by atoms with E-state index in [1.54, 1.807) is 0 Å². The van der Waals surface area contributed by atoms with E-state index in [2.05, 4.69) is 10.3 Å². The zero-order valence-electron chi connectivity index (χ0n) is 16.3. The maximum Gasteiger partial charge on any atom is 0.263 e. The highest BCUT2D eigenvalue weighted by molar-refractivity contribution is 7.17. The van der Waals surface area contributed by atoms with E-state index in [0.29, 0.717) is 10.2 Å². The molecule has 2 aromatic carbocycles. The van der Waals surface area contributed by atoms with Crippen LogP contribution in [-0.2, 0) is 11.3 Å². The van der Waals surface area contributed by atoms with E-state index in [0.717, 1.165) is 22.3 Å². The summed E-state index contributed by atoms with van der Waals surface area (Å²) in [6, 6.07) is 17.6. The number of hydrogen-bond acceptors (Lipinski definition) is 4. The van der Waals surface area contributed by atoms with Gasteiger partial charge >= 0.3 is 0 Å². The van der Waals surface area contributed by atoms with Gasteiger partial charge in [0.15, 0.2) is 0 Å². The lowest BCUT2D eigenvalue weighted by atomic mass is 10.1. The van der Waals surface area contributed by atoms with E-state index >= 15 is 0 Å². The van der Waals surface area contributed by atoms with Crippen LogP contribution in [0.25, 0.3) is 21.3 Å². The molecule has 4 rings (SSSR count). The number of nitrogens with zero attached hydrogens (tertiary/aromatic N) is 2. The van der Waals surface area contributed by atoms with Crippen LogP contribution in [0.4, 0.5) is 0 Å². The van der Waals surface area contributed by atoms with Crippen LogP contribution in [0, 0.1) is 6.92 Å². The number of thiophene rings is 1. The summed E-state index contributed by atoms with van der Waals surface area (Å²) >= 11 is 1.44. The van der Waals surface area contributed by atoms with Gasteiger partial charge in [-0.25, -0.2) is 4.98 Å². The van der Waals surface area contributed by atoms with Crippen LogP contribution in [0.5, 0.6) is 0 Å². The van der Waals surface area contributed by atoms with Crippen molar-refractivity contribution in [3.05, 3.63) is 87.8 Å². The lowest BCUT2D eigenvalue weighted by Crippen LogP contribution is -2.33. The highest BCUT2D eigenvalue weighted by Crippen LogP contribution is 2.30. The summed E-state index contributed by atoms with van der Waals surface area (Å²) in [7, 11) is 0. The minimum absolute atomic E-state index is 0.0673. The Balaban J connectivity index is 1.60. The van der Waals surface area contributed by atoms with E-state index in [4.69, 9.17) is 0 Å². The van der Waals surface area contributed by atoms with Gasteiger partial charge in [-0.1, -0.05) is 60.2 Å². The Morgan fingerprint density at radius 2 is 1.86 bits per heavy atom. The number of nitrogens with one attached hydrogen (secondary N) is 1. The van der Waals surface area contributed by atoms with Crippen LogP contribution in [0.15, 0.2) is 71.1 Å². The van der Waals surface area contributed by atoms with Crippen LogP contribution in [0.3, 0.4) is 0 Å². The lowest BCUT2D eigenvalue weighted by Gasteiger charge is -2.14. The largest absolute Gasteiger partial charge is 0.348 e. The second kappa shape index (κ2) is 8.01. The average Bonchev–Trinajstić information content (AvgIpc) is 3.16. The zero-order valence-corrected chi connectivity index (χ0v) is 17.1. The van der Waals surface area contributed by atoms with Gasteiger partial charge < -0.3 is 5.32 Å². The van der Waals surface area contributed by atoms with Gasteiger partial charge in [-0.2, -0.15) is 0 Å². The maximum atomic E-state index is 13.1. The molecular formula is C23H21N3O2S. The molecule has 0 spiro atoms. The van der Waals surface area contributed by atoms with Gasteiger partial charge in [0, 0.05) is 10.9 Å². The molecule has 1 N–H and O–H groups in total. The highest BCUT2D eigenvalue weighted by atomic mass is 32.1. The predicted octanol–water partition coefficient (Wildman–Crippen LogP) is 4.31. The van der Waals surface area contributed by atoms with Crippen molar-refractivity contribution in [1.82, 2.24) is 14.9 Å². The molecule has 29 heavy (non-hydrogen) atoms. The molecule has 0 aliphatic heterocycles. The van der Waals surface area contributed by atoms with E-state index in [9.17, 15) is 9.59 Å². The summed E-state index contributed by atoms with van der Waals surface area (Å²) in [5.74, 6) is -0.225. The van der Waals surface area contributed by atoms with Crippen molar-refractivity contribution >= 4 is 27.5 Å². The van der Waals surface area contributed by atoms with Crippen molar-refractivity contribution in [1.29, 1.82) is 0 Å². The topological polar surface area (TPSA) is 64.0 Å². The first-order valence-electron chi connectivity index (χ1n) is 9.41. The molecule has 0 radical (unpaired) electrons. The molecule has 0 saturated heterocycles. The van der Waals surface area contributed by atoms with Gasteiger partial charge in [-0.15, -0.1) is 11.3 Å². The van der Waals surface area contributed by atoms with Crippen molar-refractivity contribution in [2.24, 2.45) is 0 Å². The molecule has 0 fully saturated rings. The van der Waals surface area contributed by atoms with Crippen molar-refractivity contribution in [2.45, 2.75) is 26.4 Å². The Labute approximate surface area is 172 Å². The Bertz CT molecular complexity index is 1210. The summed E-state index contributed by atoms with van der Waals surface area (Å²) < 4.78 is 1.37. The van der Waals surface area contributed by atoms with Gasteiger partial charge in [0.2, 0.25) is 5.91 Å². The predicted molar refractivity (Wildman–Crippen MR) is 117 cm³/mol. The fourth-order valence-electron chi connectivity index (χ4n) is 3.29. The standard InChI is InChI=1S/C23H21N3O2S/c1-15-8-10-18(11-9-15)19-13-29-22-21(19)23(28)26(14-24-22)12-20(27)25-16(2)17-6-4-3-5-7-17/h3-11,13-14,16H,12H2,1-2H3,(H,25,27). The van der Waals surface area contributed by atoms with Crippen molar-refractivity contribution in [2.75, 3.05) is 0 Å². The third-order valence-electron chi connectivity index (χ3n) is 4.91. The summed E-state index contributed by atoms with van der Waals surface area (Å²) in [6.07, 6.45) is 1.45. The number of fused-ring (bicyclic) bond motifs is 1. The van der Waals surface area contributed by atoms with Crippen LogP contribution in [-0.4, -0.2) is 15.5 Å². The highest BCUT2D eigenvalue weighted by Gasteiger charge is 2.16. The monoisotopic (exact) mass is 403 g/mol. The summed E-state index contributed by atoms with van der Waals surface area (Å²) in [5.41, 5.74) is 3.80. The number of carbonyl (C=O) groups is 1. The van der Waals surface area contributed by atoms with E-state index < -0.39 is 0 Å². The van der Waals surface area contributed by atoms with Crippen LogP contribution < -0.4 is 10.9 Å². The zero-order chi connectivity index (χ0) is 20.4. The third-order valence-corrected chi connectivity index (χ3v) is 5.80. The van der Waals surface area contributed by atoms with Crippen molar-refractivity contribution < 1.29 is 4.79 Å². The molecule has 4 aromatic rings. The van der Waals surface area contributed by atoms with Crippen molar-refractivity contribution in [3.63, 3.8) is 0 Å². The van der Waals surface area contributed by atoms with E-state index in [1.807, 2.05) is 73.8 Å². The number of hydrogen-bond donors (Lipinski definition) is 1. The first-order chi connectivity index (χ1) is 14.0. The van der Waals surface area contributed by atoms with Gasteiger partial charge in [-0.3, -0.25) is 14.2 Å². The minimum atomic E-state index is -0.225. The van der Waals surface area contributed by atoms with Gasteiger partial charge in [0.1, 0.15) is 11.4 Å². The fourth-order valence-corrected chi connectivity index (χ4v) is 4.20. The summed E-state index contributed by atoms with van der Waals surface area (Å²) in [6.45, 7) is 3.88. The quantitative estimate of drug-likeness (QED) is 0.540. The maximum absolute atomic E-state index is 13.1. The molecule has 0 saturated carbocycles. The Morgan fingerprint density at radius 3 is 2.59 bits per heavy atom. The number of carbonyl (C=O) groups excluding carboxylic acids is 1. The second-order valence-electron chi connectivity index (χ2n) is 7.07. The average molecular weight is 404 g/mol. The summed E-state index contributed by atoms with van der Waals surface area (Å²) in [4.78, 5) is 30.7. The van der Waals surface area contributed by atoms with Crippen LogP contribution in [0.1, 0.15) is 24.1 Å². The molecule has 5 nitrogen and oxygen atoms in total. The smallest absolute Gasteiger partial charge is 0.263 e. The third kappa shape index (κ3) is 3.98. The molecule has 2 aromatic heterocycles. The molecule has 6 heteroatoms.